The average molecular weight is 401 g/mol. The van der Waals surface area contributed by atoms with Gasteiger partial charge in [-0.3, -0.25) is 19.7 Å². The van der Waals surface area contributed by atoms with Crippen LogP contribution in [0.15, 0.2) is 33.5 Å². The molecule has 0 saturated heterocycles. The number of carbonyl (C=O) groups is 2. The van der Waals surface area contributed by atoms with Crippen LogP contribution in [-0.4, -0.2) is 23.2 Å². The molecule has 1 heterocycles. The minimum absolute atomic E-state index is 0.136. The van der Waals surface area contributed by atoms with Crippen molar-refractivity contribution in [3.8, 4) is 0 Å². The number of aryl methyl sites for hydroxylation is 1. The van der Waals surface area contributed by atoms with E-state index in [1.54, 1.807) is 13.0 Å². The van der Waals surface area contributed by atoms with Crippen molar-refractivity contribution in [3.05, 3.63) is 55.9 Å². The van der Waals surface area contributed by atoms with Gasteiger partial charge in [0, 0.05) is 40.2 Å². The van der Waals surface area contributed by atoms with Gasteiger partial charge in [0.05, 0.1) is 6.42 Å². The number of hydrogen-bond acceptors (Lipinski definition) is 7. The van der Waals surface area contributed by atoms with E-state index in [-0.39, 0.29) is 37.7 Å². The quantitative estimate of drug-likeness (QED) is 0.303. The summed E-state index contributed by atoms with van der Waals surface area (Å²) in [4.78, 5) is 46.8. The lowest BCUT2D eigenvalue weighted by molar-refractivity contribution is -0.490. The Kier molecular flexibility index (Phi) is 6.10. The number of Topliss-reactive ketones (excluding diaryl/α,β-unsaturated/α-hetero) is 1. The van der Waals surface area contributed by atoms with E-state index in [4.69, 9.17) is 9.15 Å². The Labute approximate surface area is 167 Å². The van der Waals surface area contributed by atoms with Gasteiger partial charge in [-0.15, -0.1) is 0 Å². The van der Waals surface area contributed by atoms with Gasteiger partial charge in [0.15, 0.2) is 0 Å². The lowest BCUT2D eigenvalue weighted by Gasteiger charge is -2.17. The SMILES string of the molecule is CCc1ccc2c(COC(=O)C[C@H]3C(=O)C[C@@H](C)[C@H]3C[N+](=O)[O-])cc(=O)oc2c1. The number of hydrogen-bond donors (Lipinski definition) is 0. The minimum atomic E-state index is -0.701. The zero-order chi connectivity index (χ0) is 21.1. The van der Waals surface area contributed by atoms with Crippen LogP contribution in [0.5, 0.6) is 0 Å². The largest absolute Gasteiger partial charge is 0.461 e. The van der Waals surface area contributed by atoms with Crippen molar-refractivity contribution in [1.29, 1.82) is 0 Å². The summed E-state index contributed by atoms with van der Waals surface area (Å²) in [5.74, 6) is -2.06. The molecule has 1 saturated carbocycles. The number of nitrogens with zero attached hydrogens (tertiary/aromatic N) is 1. The molecule has 0 aliphatic heterocycles. The molecule has 0 unspecified atom stereocenters. The van der Waals surface area contributed by atoms with Gasteiger partial charge in [0.2, 0.25) is 6.54 Å². The zero-order valence-electron chi connectivity index (χ0n) is 16.4. The molecule has 1 fully saturated rings. The van der Waals surface area contributed by atoms with Crippen LogP contribution in [0.3, 0.4) is 0 Å². The smallest absolute Gasteiger partial charge is 0.336 e. The highest BCUT2D eigenvalue weighted by Crippen LogP contribution is 2.36. The van der Waals surface area contributed by atoms with Crippen molar-refractivity contribution in [2.75, 3.05) is 6.54 Å². The van der Waals surface area contributed by atoms with E-state index in [0.717, 1.165) is 12.0 Å². The summed E-state index contributed by atoms with van der Waals surface area (Å²) >= 11 is 0. The molecule has 2 aromatic rings. The van der Waals surface area contributed by atoms with E-state index in [0.29, 0.717) is 16.5 Å². The monoisotopic (exact) mass is 401 g/mol. The van der Waals surface area contributed by atoms with Crippen LogP contribution in [0.4, 0.5) is 0 Å². The maximum absolute atomic E-state index is 12.3. The van der Waals surface area contributed by atoms with Crippen molar-refractivity contribution in [2.45, 2.75) is 39.7 Å². The second-order valence-corrected chi connectivity index (χ2v) is 7.57. The van der Waals surface area contributed by atoms with Crippen LogP contribution >= 0.6 is 0 Å². The number of nitro groups is 1. The highest BCUT2D eigenvalue weighted by molar-refractivity contribution is 5.88. The number of carbonyl (C=O) groups excluding carboxylic acids is 2. The molecular weight excluding hydrogens is 378 g/mol. The third kappa shape index (κ3) is 4.70. The molecule has 0 N–H and O–H groups in total. The molecule has 1 aliphatic rings. The molecule has 0 bridgehead atoms. The van der Waals surface area contributed by atoms with E-state index in [1.807, 2.05) is 19.1 Å². The minimum Gasteiger partial charge on any atom is -0.461 e. The summed E-state index contributed by atoms with van der Waals surface area (Å²) in [6.45, 7) is 3.30. The number of rotatable bonds is 7. The summed E-state index contributed by atoms with van der Waals surface area (Å²) in [5.41, 5.74) is 1.41. The zero-order valence-corrected chi connectivity index (χ0v) is 16.4. The average Bonchev–Trinajstić information content (AvgIpc) is 2.91. The Morgan fingerprint density at radius 2 is 2.07 bits per heavy atom. The maximum Gasteiger partial charge on any atom is 0.336 e. The molecular formula is C21H23NO7. The van der Waals surface area contributed by atoms with E-state index >= 15 is 0 Å². The highest BCUT2D eigenvalue weighted by Gasteiger charge is 2.44. The van der Waals surface area contributed by atoms with Gasteiger partial charge >= 0.3 is 11.6 Å². The Morgan fingerprint density at radius 3 is 2.76 bits per heavy atom. The lowest BCUT2D eigenvalue weighted by atomic mass is 9.88. The second kappa shape index (κ2) is 8.55. The number of ketones is 1. The van der Waals surface area contributed by atoms with Gasteiger partial charge in [-0.1, -0.05) is 26.0 Å². The summed E-state index contributed by atoms with van der Waals surface area (Å²) in [5, 5.41) is 11.6. The Balaban J connectivity index is 1.71. The van der Waals surface area contributed by atoms with Gasteiger partial charge in [-0.05, 0) is 24.0 Å². The number of ether oxygens (including phenoxy) is 1. The molecule has 3 atom stereocenters. The van der Waals surface area contributed by atoms with Crippen molar-refractivity contribution in [2.24, 2.45) is 17.8 Å². The van der Waals surface area contributed by atoms with E-state index in [2.05, 4.69) is 0 Å². The van der Waals surface area contributed by atoms with Crippen LogP contribution in [0.2, 0.25) is 0 Å². The summed E-state index contributed by atoms with van der Waals surface area (Å²) in [6.07, 6.45) is 0.833. The van der Waals surface area contributed by atoms with Crippen LogP contribution < -0.4 is 5.63 Å². The predicted molar refractivity (Wildman–Crippen MR) is 104 cm³/mol. The fraction of sp³-hybridized carbons (Fsp3) is 0.476. The van der Waals surface area contributed by atoms with Gasteiger partial charge < -0.3 is 9.15 Å². The standard InChI is InChI=1S/C21H23NO7/c1-3-13-4-5-15-14(8-21(25)29-19(15)7-13)11-28-20(24)9-16-17(10-22(26)27)12(2)6-18(16)23/h4-5,7-8,12,16-17H,3,6,9-11H2,1-2H3/t12-,16-,17-/m1/s1. The molecule has 1 aromatic heterocycles. The molecule has 3 rings (SSSR count). The number of benzene rings is 1. The molecule has 29 heavy (non-hydrogen) atoms. The summed E-state index contributed by atoms with van der Waals surface area (Å²) in [6, 6.07) is 6.78. The molecule has 154 valence electrons. The van der Waals surface area contributed by atoms with Crippen molar-refractivity contribution < 1.29 is 23.7 Å². The van der Waals surface area contributed by atoms with E-state index in [1.165, 1.54) is 6.07 Å². The van der Waals surface area contributed by atoms with Gasteiger partial charge in [-0.2, -0.15) is 0 Å². The van der Waals surface area contributed by atoms with Crippen molar-refractivity contribution >= 4 is 22.7 Å². The van der Waals surface area contributed by atoms with Crippen molar-refractivity contribution in [3.63, 3.8) is 0 Å². The third-order valence-corrected chi connectivity index (χ3v) is 5.62. The fourth-order valence-electron chi connectivity index (χ4n) is 4.01. The van der Waals surface area contributed by atoms with Crippen LogP contribution in [0.25, 0.3) is 11.0 Å². The molecule has 1 aromatic carbocycles. The van der Waals surface area contributed by atoms with Gasteiger partial charge in [0.1, 0.15) is 18.0 Å². The van der Waals surface area contributed by atoms with Crippen LogP contribution in [-0.2, 0) is 27.4 Å². The summed E-state index contributed by atoms with van der Waals surface area (Å²) < 4.78 is 10.5. The van der Waals surface area contributed by atoms with Crippen LogP contribution in [0.1, 0.15) is 37.8 Å². The second-order valence-electron chi connectivity index (χ2n) is 7.57. The molecule has 0 amide bonds. The van der Waals surface area contributed by atoms with E-state index in [9.17, 15) is 24.5 Å². The molecule has 0 radical (unpaired) electrons. The molecule has 8 heteroatoms. The Bertz CT molecular complexity index is 1010. The van der Waals surface area contributed by atoms with E-state index < -0.39 is 28.4 Å². The lowest BCUT2D eigenvalue weighted by Crippen LogP contribution is -2.27. The van der Waals surface area contributed by atoms with Gasteiger partial charge in [0.25, 0.3) is 0 Å². The van der Waals surface area contributed by atoms with Gasteiger partial charge in [-0.25, -0.2) is 4.79 Å². The topological polar surface area (TPSA) is 117 Å². The Hall–Kier alpha value is -3.03. The first kappa shape index (κ1) is 20.7. The molecule has 8 nitrogen and oxygen atoms in total. The fourth-order valence-corrected chi connectivity index (χ4v) is 4.01. The van der Waals surface area contributed by atoms with Crippen LogP contribution in [0, 0.1) is 27.9 Å². The third-order valence-electron chi connectivity index (χ3n) is 5.62. The number of fused-ring (bicyclic) bond motifs is 1. The van der Waals surface area contributed by atoms with Crippen molar-refractivity contribution in [1.82, 2.24) is 0 Å². The first-order valence-corrected chi connectivity index (χ1v) is 9.64. The molecule has 0 spiro atoms. The summed E-state index contributed by atoms with van der Waals surface area (Å²) in [7, 11) is 0. The maximum atomic E-state index is 12.3. The predicted octanol–water partition coefficient (Wildman–Crippen LogP) is 2.91. The number of esters is 1. The normalized spacial score (nSPS) is 21.4. The first-order chi connectivity index (χ1) is 13.8. The highest BCUT2D eigenvalue weighted by atomic mass is 16.6. The first-order valence-electron chi connectivity index (χ1n) is 9.64. The Morgan fingerprint density at radius 1 is 1.31 bits per heavy atom. The molecule has 1 aliphatic carbocycles.